The van der Waals surface area contributed by atoms with E-state index in [-0.39, 0.29) is 18.1 Å². The maximum Gasteiger partial charge on any atom is 0.452 e. The molecule has 0 fully saturated rings. The van der Waals surface area contributed by atoms with Gasteiger partial charge in [-0.25, -0.2) is 0 Å². The Bertz CT molecular complexity index is 437. The zero-order valence-electron chi connectivity index (χ0n) is 6.69. The number of aromatic nitrogens is 3. The summed E-state index contributed by atoms with van der Waals surface area (Å²) in [6.07, 6.45) is -3.18. The standard InChI is InChI=1S/C7H4F3N3.ClH/c8-7(9,10)6-12-11-5-3-1-2-4-13(5)6;/h1-4H;1H. The lowest BCUT2D eigenvalue weighted by Gasteiger charge is -2.02. The van der Waals surface area contributed by atoms with Crippen LogP contribution in [0.15, 0.2) is 24.4 Å². The number of fused-ring (bicyclic) bond motifs is 1. The third-order valence-electron chi connectivity index (χ3n) is 1.57. The average molecular weight is 224 g/mol. The molecular formula is C7H5ClF3N3. The molecule has 0 unspecified atom stereocenters. The van der Waals surface area contributed by atoms with Crippen LogP contribution in [-0.2, 0) is 6.18 Å². The predicted octanol–water partition coefficient (Wildman–Crippen LogP) is 2.17. The Hall–Kier alpha value is -1.30. The van der Waals surface area contributed by atoms with Crippen LogP contribution in [0.4, 0.5) is 13.2 Å². The molecule has 2 aromatic heterocycles. The number of hydrogen-bond acceptors (Lipinski definition) is 2. The van der Waals surface area contributed by atoms with Crippen LogP contribution in [0.25, 0.3) is 5.65 Å². The minimum Gasteiger partial charge on any atom is -0.279 e. The molecule has 0 spiro atoms. The van der Waals surface area contributed by atoms with E-state index in [1.165, 1.54) is 18.3 Å². The Morgan fingerprint density at radius 2 is 1.86 bits per heavy atom. The van der Waals surface area contributed by atoms with Gasteiger partial charge in [0, 0.05) is 6.20 Å². The fourth-order valence-corrected chi connectivity index (χ4v) is 1.03. The molecule has 0 aromatic carbocycles. The molecule has 3 nitrogen and oxygen atoms in total. The summed E-state index contributed by atoms with van der Waals surface area (Å²) < 4.78 is 37.6. The summed E-state index contributed by atoms with van der Waals surface area (Å²) >= 11 is 0. The molecule has 0 bridgehead atoms. The lowest BCUT2D eigenvalue weighted by Crippen LogP contribution is -2.10. The summed E-state index contributed by atoms with van der Waals surface area (Å²) in [5.41, 5.74) is 0.190. The van der Waals surface area contributed by atoms with Gasteiger partial charge in [0.2, 0.25) is 5.82 Å². The van der Waals surface area contributed by atoms with Crippen molar-refractivity contribution in [3.05, 3.63) is 30.2 Å². The molecular weight excluding hydrogens is 219 g/mol. The molecule has 0 saturated carbocycles. The molecule has 2 rings (SSSR count). The van der Waals surface area contributed by atoms with Gasteiger partial charge in [-0.1, -0.05) is 6.07 Å². The van der Waals surface area contributed by atoms with Crippen LogP contribution in [0, 0.1) is 0 Å². The van der Waals surface area contributed by atoms with Crippen LogP contribution in [-0.4, -0.2) is 14.6 Å². The number of rotatable bonds is 0. The molecule has 0 N–H and O–H groups in total. The first kappa shape index (κ1) is 10.8. The average Bonchev–Trinajstić information content (AvgIpc) is 2.45. The minimum absolute atomic E-state index is 0. The van der Waals surface area contributed by atoms with Crippen LogP contribution in [0.5, 0.6) is 0 Å². The van der Waals surface area contributed by atoms with Gasteiger partial charge in [-0.05, 0) is 12.1 Å². The predicted molar refractivity (Wildman–Crippen MR) is 45.2 cm³/mol. The third-order valence-corrected chi connectivity index (χ3v) is 1.57. The lowest BCUT2D eigenvalue weighted by molar-refractivity contribution is -0.145. The van der Waals surface area contributed by atoms with Crippen molar-refractivity contribution in [3.63, 3.8) is 0 Å². The van der Waals surface area contributed by atoms with Gasteiger partial charge in [-0.2, -0.15) is 13.2 Å². The van der Waals surface area contributed by atoms with Crippen molar-refractivity contribution < 1.29 is 13.2 Å². The first-order valence-corrected chi connectivity index (χ1v) is 3.46. The highest BCUT2D eigenvalue weighted by Crippen LogP contribution is 2.27. The summed E-state index contributed by atoms with van der Waals surface area (Å²) in [7, 11) is 0. The lowest BCUT2D eigenvalue weighted by atomic mass is 10.4. The van der Waals surface area contributed by atoms with Crippen LogP contribution in [0.1, 0.15) is 5.82 Å². The Balaban J connectivity index is 0.000000980. The summed E-state index contributed by atoms with van der Waals surface area (Å²) in [6.45, 7) is 0. The zero-order valence-corrected chi connectivity index (χ0v) is 7.51. The van der Waals surface area contributed by atoms with E-state index in [1.807, 2.05) is 0 Å². The Kier molecular flexibility index (Phi) is 2.66. The monoisotopic (exact) mass is 223 g/mol. The normalized spacial score (nSPS) is 11.4. The number of alkyl halides is 3. The second kappa shape index (κ2) is 3.45. The van der Waals surface area contributed by atoms with Crippen molar-refractivity contribution in [2.45, 2.75) is 6.18 Å². The second-order valence-electron chi connectivity index (χ2n) is 2.45. The maximum atomic E-state index is 12.2. The zero-order chi connectivity index (χ0) is 9.47. The molecule has 2 aromatic rings. The summed E-state index contributed by atoms with van der Waals surface area (Å²) in [5, 5.41) is 6.43. The van der Waals surface area contributed by atoms with Gasteiger partial charge in [0.25, 0.3) is 0 Å². The first-order chi connectivity index (χ1) is 6.09. The number of hydrogen-bond donors (Lipinski definition) is 0. The van der Waals surface area contributed by atoms with Crippen molar-refractivity contribution in [2.75, 3.05) is 0 Å². The molecule has 0 radical (unpaired) electrons. The van der Waals surface area contributed by atoms with Crippen molar-refractivity contribution in [1.29, 1.82) is 0 Å². The van der Waals surface area contributed by atoms with Gasteiger partial charge in [0.05, 0.1) is 0 Å². The van der Waals surface area contributed by atoms with Crippen molar-refractivity contribution >= 4 is 18.1 Å². The quantitative estimate of drug-likeness (QED) is 0.685. The topological polar surface area (TPSA) is 30.2 Å². The van der Waals surface area contributed by atoms with E-state index in [0.717, 1.165) is 4.40 Å². The van der Waals surface area contributed by atoms with Crippen LogP contribution in [0.2, 0.25) is 0 Å². The number of nitrogens with zero attached hydrogens (tertiary/aromatic N) is 3. The molecule has 14 heavy (non-hydrogen) atoms. The van der Waals surface area contributed by atoms with Gasteiger partial charge in [0.15, 0.2) is 5.65 Å². The SMILES string of the molecule is Cl.FC(F)(F)c1nnc2ccccn12. The Morgan fingerprint density at radius 1 is 1.14 bits per heavy atom. The molecule has 0 aliphatic rings. The second-order valence-corrected chi connectivity index (χ2v) is 2.45. The Morgan fingerprint density at radius 3 is 2.50 bits per heavy atom. The molecule has 0 aliphatic carbocycles. The number of halogens is 4. The molecule has 0 atom stereocenters. The third kappa shape index (κ3) is 1.65. The van der Waals surface area contributed by atoms with E-state index in [2.05, 4.69) is 10.2 Å². The summed E-state index contributed by atoms with van der Waals surface area (Å²) in [4.78, 5) is 0. The van der Waals surface area contributed by atoms with Gasteiger partial charge < -0.3 is 0 Å². The molecule has 76 valence electrons. The van der Waals surface area contributed by atoms with E-state index in [1.54, 1.807) is 6.07 Å². The fraction of sp³-hybridized carbons (Fsp3) is 0.143. The highest BCUT2D eigenvalue weighted by molar-refractivity contribution is 5.85. The summed E-state index contributed by atoms with van der Waals surface area (Å²) in [5.74, 6) is -0.997. The van der Waals surface area contributed by atoms with Crippen molar-refractivity contribution in [3.8, 4) is 0 Å². The minimum atomic E-state index is -4.46. The van der Waals surface area contributed by atoms with Crippen LogP contribution >= 0.6 is 12.4 Å². The van der Waals surface area contributed by atoms with Crippen LogP contribution in [0.3, 0.4) is 0 Å². The van der Waals surface area contributed by atoms with E-state index in [0.29, 0.717) is 0 Å². The molecule has 7 heteroatoms. The van der Waals surface area contributed by atoms with Crippen molar-refractivity contribution in [2.24, 2.45) is 0 Å². The molecule has 0 amide bonds. The molecule has 0 saturated heterocycles. The highest BCUT2D eigenvalue weighted by Gasteiger charge is 2.36. The van der Waals surface area contributed by atoms with E-state index >= 15 is 0 Å². The van der Waals surface area contributed by atoms with Gasteiger partial charge >= 0.3 is 6.18 Å². The van der Waals surface area contributed by atoms with E-state index in [9.17, 15) is 13.2 Å². The van der Waals surface area contributed by atoms with E-state index < -0.39 is 12.0 Å². The molecule has 0 aliphatic heterocycles. The van der Waals surface area contributed by atoms with Gasteiger partial charge in [-0.15, -0.1) is 22.6 Å². The first-order valence-electron chi connectivity index (χ1n) is 3.46. The Labute approximate surface area is 83.0 Å². The number of pyridine rings is 1. The fourth-order valence-electron chi connectivity index (χ4n) is 1.03. The maximum absolute atomic E-state index is 12.2. The largest absolute Gasteiger partial charge is 0.452 e. The van der Waals surface area contributed by atoms with Crippen molar-refractivity contribution in [1.82, 2.24) is 14.6 Å². The molecule has 2 heterocycles. The highest BCUT2D eigenvalue weighted by atomic mass is 35.5. The van der Waals surface area contributed by atoms with Crippen LogP contribution < -0.4 is 0 Å². The van der Waals surface area contributed by atoms with Gasteiger partial charge in [0.1, 0.15) is 0 Å². The smallest absolute Gasteiger partial charge is 0.279 e. The van der Waals surface area contributed by atoms with Gasteiger partial charge in [-0.3, -0.25) is 4.40 Å². The van der Waals surface area contributed by atoms with E-state index in [4.69, 9.17) is 0 Å². The summed E-state index contributed by atoms with van der Waals surface area (Å²) in [6, 6.07) is 4.55.